The van der Waals surface area contributed by atoms with E-state index in [9.17, 15) is 4.79 Å². The van der Waals surface area contributed by atoms with Crippen LogP contribution in [0.3, 0.4) is 0 Å². The van der Waals surface area contributed by atoms with E-state index in [1.807, 2.05) is 13.0 Å². The van der Waals surface area contributed by atoms with Crippen LogP contribution in [0.25, 0.3) is 0 Å². The Morgan fingerprint density at radius 1 is 1.60 bits per heavy atom. The molecule has 0 aromatic carbocycles. The molecule has 0 spiro atoms. The highest BCUT2D eigenvalue weighted by atomic mass is 35.5. The Morgan fingerprint density at radius 2 is 2.40 bits per heavy atom. The number of halogens is 1. The van der Waals surface area contributed by atoms with Gasteiger partial charge in [0.1, 0.15) is 5.76 Å². The molecule has 0 radical (unpaired) electrons. The van der Waals surface area contributed by atoms with Gasteiger partial charge in [0.15, 0.2) is 0 Å². The summed E-state index contributed by atoms with van der Waals surface area (Å²) in [6.45, 7) is 2.43. The van der Waals surface area contributed by atoms with Gasteiger partial charge in [-0.05, 0) is 6.07 Å². The van der Waals surface area contributed by atoms with Crippen molar-refractivity contribution >= 4 is 17.5 Å². The number of hydrogen-bond acceptors (Lipinski definition) is 2. The molecule has 4 heteroatoms. The number of furan rings is 1. The van der Waals surface area contributed by atoms with E-state index < -0.39 is 0 Å². The molecule has 1 rings (SSSR count). The van der Waals surface area contributed by atoms with Gasteiger partial charge in [0.2, 0.25) is 0 Å². The normalized spacial score (nSPS) is 10.8. The van der Waals surface area contributed by atoms with E-state index in [1.54, 1.807) is 12.1 Å². The number of amides is 1. The van der Waals surface area contributed by atoms with Gasteiger partial charge in [-0.15, -0.1) is 11.6 Å². The molecular weight excluding hydrogens is 214 g/mol. The minimum atomic E-state index is -0.111. The molecule has 0 saturated carbocycles. The number of nitrogens with one attached hydrogen (secondary N) is 1. The summed E-state index contributed by atoms with van der Waals surface area (Å²) in [5, 5.41) is 2.75. The maximum atomic E-state index is 11.6. The Kier molecular flexibility index (Phi) is 4.98. The van der Waals surface area contributed by atoms with Gasteiger partial charge in [-0.1, -0.05) is 19.1 Å². The molecule has 0 bridgehead atoms. The highest BCUT2D eigenvalue weighted by Crippen LogP contribution is 2.10. The molecule has 0 aliphatic heterocycles. The monoisotopic (exact) mass is 227 g/mol. The Bertz CT molecular complexity index is 344. The van der Waals surface area contributed by atoms with Crippen molar-refractivity contribution in [3.63, 3.8) is 0 Å². The van der Waals surface area contributed by atoms with Gasteiger partial charge in [-0.2, -0.15) is 0 Å². The molecule has 1 N–H and O–H groups in total. The fourth-order valence-corrected chi connectivity index (χ4v) is 1.34. The van der Waals surface area contributed by atoms with Crippen LogP contribution in [-0.2, 0) is 6.42 Å². The number of alkyl halides is 1. The van der Waals surface area contributed by atoms with E-state index >= 15 is 0 Å². The van der Waals surface area contributed by atoms with Crippen LogP contribution in [0.15, 0.2) is 28.9 Å². The average Bonchev–Trinajstić information content (AvgIpc) is 2.72. The summed E-state index contributed by atoms with van der Waals surface area (Å²) < 4.78 is 5.16. The lowest BCUT2D eigenvalue weighted by Gasteiger charge is -2.00. The third kappa shape index (κ3) is 3.44. The van der Waals surface area contributed by atoms with E-state index in [0.29, 0.717) is 30.2 Å². The zero-order chi connectivity index (χ0) is 11.1. The molecular formula is C11H14ClNO2. The van der Waals surface area contributed by atoms with Gasteiger partial charge in [0.25, 0.3) is 5.91 Å². The lowest BCUT2D eigenvalue weighted by Crippen LogP contribution is -2.23. The van der Waals surface area contributed by atoms with Gasteiger partial charge in [0.05, 0.1) is 11.8 Å². The summed E-state index contributed by atoms with van der Waals surface area (Å²) in [6, 6.07) is 1.68. The van der Waals surface area contributed by atoms with Gasteiger partial charge < -0.3 is 9.73 Å². The van der Waals surface area contributed by atoms with Crippen molar-refractivity contribution in [3.8, 4) is 0 Å². The smallest absolute Gasteiger partial charge is 0.255 e. The molecule has 0 fully saturated rings. The lowest BCUT2D eigenvalue weighted by atomic mass is 10.2. The minimum Gasteiger partial charge on any atom is -0.469 e. The summed E-state index contributed by atoms with van der Waals surface area (Å²) in [6.07, 6.45) is 5.85. The third-order valence-electron chi connectivity index (χ3n) is 1.95. The molecule has 1 amide bonds. The van der Waals surface area contributed by atoms with Crippen molar-refractivity contribution in [2.24, 2.45) is 0 Å². The van der Waals surface area contributed by atoms with Crippen molar-refractivity contribution in [3.05, 3.63) is 35.8 Å². The van der Waals surface area contributed by atoms with E-state index in [1.165, 1.54) is 6.26 Å². The van der Waals surface area contributed by atoms with Gasteiger partial charge in [0, 0.05) is 18.8 Å². The quantitative estimate of drug-likeness (QED) is 0.620. The zero-order valence-corrected chi connectivity index (χ0v) is 9.38. The highest BCUT2D eigenvalue weighted by Gasteiger charge is 2.11. The predicted molar refractivity (Wildman–Crippen MR) is 60.3 cm³/mol. The summed E-state index contributed by atoms with van der Waals surface area (Å²) in [4.78, 5) is 11.6. The standard InChI is InChI=1S/C11H14ClNO2/c1-2-10-9(5-8-15-10)11(14)13-7-4-3-6-12/h3-5,8H,2,6-7H2,1H3,(H,13,14)/b4-3+. The molecule has 0 saturated heterocycles. The lowest BCUT2D eigenvalue weighted by molar-refractivity contribution is 0.0956. The second kappa shape index (κ2) is 6.30. The fraction of sp³-hybridized carbons (Fsp3) is 0.364. The van der Waals surface area contributed by atoms with Gasteiger partial charge in [-0.25, -0.2) is 0 Å². The highest BCUT2D eigenvalue weighted by molar-refractivity contribution is 6.18. The van der Waals surface area contributed by atoms with Gasteiger partial charge in [-0.3, -0.25) is 4.79 Å². The summed E-state index contributed by atoms with van der Waals surface area (Å²) in [7, 11) is 0. The third-order valence-corrected chi connectivity index (χ3v) is 2.13. The first-order chi connectivity index (χ1) is 7.29. The molecule has 0 unspecified atom stereocenters. The number of carbonyl (C=O) groups excluding carboxylic acids is 1. The van der Waals surface area contributed by atoms with E-state index in [4.69, 9.17) is 16.0 Å². The molecule has 0 atom stereocenters. The topological polar surface area (TPSA) is 42.2 Å². The molecule has 0 aliphatic carbocycles. The summed E-state index contributed by atoms with van der Waals surface area (Å²) >= 11 is 5.45. The first-order valence-electron chi connectivity index (χ1n) is 4.85. The van der Waals surface area contributed by atoms with Crippen LogP contribution >= 0.6 is 11.6 Å². The van der Waals surface area contributed by atoms with Crippen LogP contribution in [0, 0.1) is 0 Å². The maximum Gasteiger partial charge on any atom is 0.255 e. The van der Waals surface area contributed by atoms with E-state index in [-0.39, 0.29) is 5.91 Å². The fourth-order valence-electron chi connectivity index (χ4n) is 1.21. The SMILES string of the molecule is CCc1occc1C(=O)NC/C=C/CCl. The molecule has 82 valence electrons. The van der Waals surface area contributed by atoms with Crippen LogP contribution in [0.1, 0.15) is 23.0 Å². The Balaban J connectivity index is 2.50. The molecule has 3 nitrogen and oxygen atoms in total. The second-order valence-corrected chi connectivity index (χ2v) is 3.26. The van der Waals surface area contributed by atoms with Crippen LogP contribution in [0.4, 0.5) is 0 Å². The molecule has 15 heavy (non-hydrogen) atoms. The van der Waals surface area contributed by atoms with Crippen molar-refractivity contribution in [1.29, 1.82) is 0 Å². The van der Waals surface area contributed by atoms with Crippen LogP contribution in [-0.4, -0.2) is 18.3 Å². The Labute approximate surface area is 94.1 Å². The van der Waals surface area contributed by atoms with Crippen LogP contribution in [0.2, 0.25) is 0 Å². The first kappa shape index (κ1) is 11.9. The molecule has 1 heterocycles. The van der Waals surface area contributed by atoms with Crippen LogP contribution < -0.4 is 5.32 Å². The van der Waals surface area contributed by atoms with Crippen LogP contribution in [0.5, 0.6) is 0 Å². The number of carbonyl (C=O) groups is 1. The van der Waals surface area contributed by atoms with Crippen molar-refractivity contribution < 1.29 is 9.21 Å². The number of allylic oxidation sites excluding steroid dienone is 1. The Hall–Kier alpha value is -1.22. The first-order valence-corrected chi connectivity index (χ1v) is 5.38. The minimum absolute atomic E-state index is 0.111. The van der Waals surface area contributed by atoms with Crippen molar-refractivity contribution in [2.75, 3.05) is 12.4 Å². The second-order valence-electron chi connectivity index (χ2n) is 2.95. The Morgan fingerprint density at radius 3 is 3.07 bits per heavy atom. The molecule has 1 aromatic rings. The molecule has 0 aliphatic rings. The zero-order valence-electron chi connectivity index (χ0n) is 8.63. The van der Waals surface area contributed by atoms with E-state index in [0.717, 1.165) is 0 Å². The summed E-state index contributed by atoms with van der Waals surface area (Å²) in [5.74, 6) is 1.07. The maximum absolute atomic E-state index is 11.6. The van der Waals surface area contributed by atoms with Gasteiger partial charge >= 0.3 is 0 Å². The predicted octanol–water partition coefficient (Wildman–Crippen LogP) is 2.37. The average molecular weight is 228 g/mol. The van der Waals surface area contributed by atoms with Crippen molar-refractivity contribution in [1.82, 2.24) is 5.32 Å². The number of rotatable bonds is 5. The van der Waals surface area contributed by atoms with Crippen molar-refractivity contribution in [2.45, 2.75) is 13.3 Å². The largest absolute Gasteiger partial charge is 0.469 e. The summed E-state index contributed by atoms with van der Waals surface area (Å²) in [5.41, 5.74) is 0.608. The van der Waals surface area contributed by atoms with E-state index in [2.05, 4.69) is 5.32 Å². The number of hydrogen-bond donors (Lipinski definition) is 1. The molecule has 1 aromatic heterocycles. The number of aryl methyl sites for hydroxylation is 1.